The number of hydrogen-bond acceptors (Lipinski definition) is 4. The molecule has 31 heavy (non-hydrogen) atoms. The smallest absolute Gasteiger partial charge is 0.270 e. The minimum Gasteiger partial charge on any atom is -0.383 e. The number of benzene rings is 1. The second-order valence-electron chi connectivity index (χ2n) is 9.05. The number of nitrogens with zero attached hydrogens (tertiary/aromatic N) is 1. The molecule has 3 aliphatic rings. The van der Waals surface area contributed by atoms with Crippen LogP contribution < -0.4 is 5.32 Å². The van der Waals surface area contributed by atoms with Crippen LogP contribution in [-0.4, -0.2) is 42.5 Å². The first kappa shape index (κ1) is 22.3. The standard InChI is InChI=1S/C25H34F2N2O2/c1-3-4-22-21-15-18-6-7-19(25(2,26)27)16-20(18)24(21)29(13-11-28-22)12-9-17-5-8-23(30)31-14-10-17/h4,6-7,16-17,23,28,30H,3,5,8-15H2,1-2H3/b22-4-. The Morgan fingerprint density at radius 3 is 2.90 bits per heavy atom. The van der Waals surface area contributed by atoms with Gasteiger partial charge in [0.25, 0.3) is 5.92 Å². The molecule has 1 aromatic carbocycles. The average Bonchev–Trinajstić information content (AvgIpc) is 2.85. The summed E-state index contributed by atoms with van der Waals surface area (Å²) in [6.07, 6.45) is 6.89. The number of ether oxygens (including phenoxy) is 1. The van der Waals surface area contributed by atoms with Gasteiger partial charge in [0.1, 0.15) is 0 Å². The minimum absolute atomic E-state index is 0.0769. The molecule has 0 aromatic heterocycles. The lowest BCUT2D eigenvalue weighted by Gasteiger charge is -2.28. The molecular formula is C25H34F2N2O2. The summed E-state index contributed by atoms with van der Waals surface area (Å²) in [7, 11) is 0. The van der Waals surface area contributed by atoms with Gasteiger partial charge in [-0.15, -0.1) is 0 Å². The van der Waals surface area contributed by atoms with Gasteiger partial charge in [0, 0.05) is 67.7 Å². The van der Waals surface area contributed by atoms with Crippen LogP contribution in [0.2, 0.25) is 0 Å². The van der Waals surface area contributed by atoms with E-state index in [9.17, 15) is 13.9 Å². The van der Waals surface area contributed by atoms with E-state index < -0.39 is 12.2 Å². The molecule has 2 N–H and O–H groups in total. The number of nitrogens with one attached hydrogen (secondary N) is 1. The molecule has 2 aliphatic heterocycles. The molecular weight excluding hydrogens is 398 g/mol. The number of rotatable bonds is 5. The fraction of sp³-hybridized carbons (Fsp3) is 0.600. The summed E-state index contributed by atoms with van der Waals surface area (Å²) in [5, 5.41) is 13.3. The van der Waals surface area contributed by atoms with Gasteiger partial charge in [-0.2, -0.15) is 0 Å². The molecule has 0 spiro atoms. The molecule has 170 valence electrons. The maximum atomic E-state index is 14.1. The predicted molar refractivity (Wildman–Crippen MR) is 119 cm³/mol. The van der Waals surface area contributed by atoms with Crippen molar-refractivity contribution in [3.63, 3.8) is 0 Å². The van der Waals surface area contributed by atoms with Crippen LogP contribution >= 0.6 is 0 Å². The second-order valence-corrected chi connectivity index (χ2v) is 9.05. The molecule has 2 unspecified atom stereocenters. The molecule has 1 saturated heterocycles. The highest BCUT2D eigenvalue weighted by atomic mass is 19.3. The Kier molecular flexibility index (Phi) is 6.68. The van der Waals surface area contributed by atoms with E-state index in [2.05, 4.69) is 23.2 Å². The first-order valence-electron chi connectivity index (χ1n) is 11.6. The highest BCUT2D eigenvalue weighted by Gasteiger charge is 2.33. The summed E-state index contributed by atoms with van der Waals surface area (Å²) < 4.78 is 33.6. The van der Waals surface area contributed by atoms with Gasteiger partial charge in [0.2, 0.25) is 0 Å². The molecule has 1 aromatic rings. The van der Waals surface area contributed by atoms with Crippen molar-refractivity contribution >= 4 is 5.70 Å². The number of allylic oxidation sites excluding steroid dienone is 2. The lowest BCUT2D eigenvalue weighted by molar-refractivity contribution is -0.0955. The maximum Gasteiger partial charge on any atom is 0.270 e. The van der Waals surface area contributed by atoms with E-state index in [1.807, 2.05) is 6.07 Å². The van der Waals surface area contributed by atoms with Gasteiger partial charge in [0.15, 0.2) is 6.29 Å². The molecule has 2 atom stereocenters. The first-order chi connectivity index (χ1) is 14.9. The molecule has 6 heteroatoms. The molecule has 0 bridgehead atoms. The number of halogens is 2. The molecule has 1 aliphatic carbocycles. The van der Waals surface area contributed by atoms with E-state index in [-0.39, 0.29) is 5.56 Å². The fourth-order valence-electron chi connectivity index (χ4n) is 5.02. The maximum absolute atomic E-state index is 14.1. The van der Waals surface area contributed by atoms with Crippen LogP contribution in [0.5, 0.6) is 0 Å². The van der Waals surface area contributed by atoms with Crippen LogP contribution in [0.15, 0.2) is 35.5 Å². The Bertz CT molecular complexity index is 860. The molecule has 2 heterocycles. The van der Waals surface area contributed by atoms with Gasteiger partial charge in [-0.3, -0.25) is 0 Å². The highest BCUT2D eigenvalue weighted by Crippen LogP contribution is 2.42. The molecule has 4 nitrogen and oxygen atoms in total. The summed E-state index contributed by atoms with van der Waals surface area (Å²) in [5.41, 5.74) is 5.65. The number of aliphatic hydroxyl groups is 1. The summed E-state index contributed by atoms with van der Waals surface area (Å²) in [6.45, 7) is 6.26. The van der Waals surface area contributed by atoms with Crippen LogP contribution in [0.4, 0.5) is 8.78 Å². The predicted octanol–water partition coefficient (Wildman–Crippen LogP) is 4.79. The lowest BCUT2D eigenvalue weighted by Crippen LogP contribution is -2.29. The van der Waals surface area contributed by atoms with Crippen molar-refractivity contribution < 1.29 is 18.6 Å². The van der Waals surface area contributed by atoms with Gasteiger partial charge in [0.05, 0.1) is 0 Å². The van der Waals surface area contributed by atoms with Crippen molar-refractivity contribution in [3.05, 3.63) is 52.2 Å². The third kappa shape index (κ3) is 4.96. The van der Waals surface area contributed by atoms with Crippen LogP contribution in [0.25, 0.3) is 5.70 Å². The fourth-order valence-corrected chi connectivity index (χ4v) is 5.02. The topological polar surface area (TPSA) is 44.7 Å². The van der Waals surface area contributed by atoms with Crippen molar-refractivity contribution in [3.8, 4) is 0 Å². The van der Waals surface area contributed by atoms with Crippen LogP contribution in [-0.2, 0) is 17.1 Å². The molecule has 0 saturated carbocycles. The summed E-state index contributed by atoms with van der Waals surface area (Å²) in [5.74, 6) is -2.34. The van der Waals surface area contributed by atoms with Gasteiger partial charge in [-0.05, 0) is 49.7 Å². The van der Waals surface area contributed by atoms with E-state index in [4.69, 9.17) is 4.74 Å². The zero-order chi connectivity index (χ0) is 22.0. The largest absolute Gasteiger partial charge is 0.383 e. The second kappa shape index (κ2) is 9.29. The summed E-state index contributed by atoms with van der Waals surface area (Å²) in [4.78, 5) is 2.39. The first-order valence-corrected chi connectivity index (χ1v) is 11.6. The normalized spacial score (nSPS) is 25.7. The molecule has 0 radical (unpaired) electrons. The Balaban J connectivity index is 1.63. The SMILES string of the molecule is CC/C=C1\NCCN(CCC2CCOC(O)CC2)C2=C1Cc1ccc(C(C)(F)F)cc12. The molecule has 0 amide bonds. The van der Waals surface area contributed by atoms with E-state index in [1.54, 1.807) is 12.1 Å². The molecule has 4 rings (SSSR count). The van der Waals surface area contributed by atoms with Crippen molar-refractivity contribution in [2.45, 2.75) is 64.6 Å². The quantitative estimate of drug-likeness (QED) is 0.702. The lowest BCUT2D eigenvalue weighted by atomic mass is 9.96. The van der Waals surface area contributed by atoms with E-state index >= 15 is 0 Å². The monoisotopic (exact) mass is 432 g/mol. The van der Waals surface area contributed by atoms with Crippen molar-refractivity contribution in [2.75, 3.05) is 26.2 Å². The Hall–Kier alpha value is -1.92. The zero-order valence-corrected chi connectivity index (χ0v) is 18.6. The number of aliphatic hydroxyl groups excluding tert-OH is 1. The van der Waals surface area contributed by atoms with Gasteiger partial charge in [-0.25, -0.2) is 8.78 Å². The Morgan fingerprint density at radius 2 is 2.13 bits per heavy atom. The summed E-state index contributed by atoms with van der Waals surface area (Å²) in [6, 6.07) is 5.15. The van der Waals surface area contributed by atoms with Crippen molar-refractivity contribution in [1.29, 1.82) is 0 Å². The zero-order valence-electron chi connectivity index (χ0n) is 18.6. The van der Waals surface area contributed by atoms with E-state index in [0.29, 0.717) is 18.9 Å². The third-order valence-electron chi connectivity index (χ3n) is 6.74. The number of fused-ring (bicyclic) bond motifs is 2. The van der Waals surface area contributed by atoms with Crippen LogP contribution in [0.3, 0.4) is 0 Å². The van der Waals surface area contributed by atoms with E-state index in [1.165, 1.54) is 5.57 Å². The Morgan fingerprint density at radius 1 is 1.29 bits per heavy atom. The average molecular weight is 433 g/mol. The summed E-state index contributed by atoms with van der Waals surface area (Å²) >= 11 is 0. The number of hydrogen-bond donors (Lipinski definition) is 2. The van der Waals surface area contributed by atoms with Gasteiger partial charge in [-0.1, -0.05) is 25.1 Å². The van der Waals surface area contributed by atoms with E-state index in [0.717, 1.165) is 81.2 Å². The van der Waals surface area contributed by atoms with Crippen LogP contribution in [0.1, 0.15) is 62.6 Å². The van der Waals surface area contributed by atoms with Crippen LogP contribution in [0, 0.1) is 5.92 Å². The highest BCUT2D eigenvalue weighted by molar-refractivity contribution is 5.79. The molecule has 1 fully saturated rings. The van der Waals surface area contributed by atoms with Gasteiger partial charge >= 0.3 is 0 Å². The van der Waals surface area contributed by atoms with Crippen molar-refractivity contribution in [1.82, 2.24) is 10.2 Å². The minimum atomic E-state index is -2.85. The third-order valence-corrected chi connectivity index (χ3v) is 6.74. The van der Waals surface area contributed by atoms with Crippen molar-refractivity contribution in [2.24, 2.45) is 5.92 Å². The Labute approximate surface area is 184 Å². The van der Waals surface area contributed by atoms with Gasteiger partial charge < -0.3 is 20.1 Å². The number of alkyl halides is 2.